The highest BCUT2D eigenvalue weighted by molar-refractivity contribution is 5.66. The van der Waals surface area contributed by atoms with Gasteiger partial charge < -0.3 is 4.90 Å². The van der Waals surface area contributed by atoms with Crippen molar-refractivity contribution in [3.63, 3.8) is 0 Å². The van der Waals surface area contributed by atoms with Gasteiger partial charge in [0.05, 0.1) is 11.4 Å². The zero-order chi connectivity index (χ0) is 13.8. The Morgan fingerprint density at radius 3 is 2.11 bits per heavy atom. The van der Waals surface area contributed by atoms with E-state index in [2.05, 4.69) is 10.2 Å². The first-order valence-corrected chi connectivity index (χ1v) is 5.70. The van der Waals surface area contributed by atoms with Crippen molar-refractivity contribution in [3.8, 4) is 0 Å². The average molecular weight is 261 g/mol. The standard InChI is InChI=1S/C14H13F2N3/c1-19(2)14-9-11(16)5-8-13(14)18-17-12-6-3-10(15)4-7-12/h3-9H,1-2H3. The van der Waals surface area contributed by atoms with E-state index in [0.717, 1.165) is 0 Å². The quantitative estimate of drug-likeness (QED) is 0.750. The first kappa shape index (κ1) is 13.1. The van der Waals surface area contributed by atoms with Crippen LogP contribution in [0.3, 0.4) is 0 Å². The highest BCUT2D eigenvalue weighted by Gasteiger charge is 2.05. The Morgan fingerprint density at radius 1 is 0.842 bits per heavy atom. The summed E-state index contributed by atoms with van der Waals surface area (Å²) in [7, 11) is 3.59. The van der Waals surface area contributed by atoms with Gasteiger partial charge in [-0.1, -0.05) is 0 Å². The van der Waals surface area contributed by atoms with E-state index in [9.17, 15) is 8.78 Å². The van der Waals surface area contributed by atoms with Crippen molar-refractivity contribution in [3.05, 3.63) is 54.1 Å². The summed E-state index contributed by atoms with van der Waals surface area (Å²) < 4.78 is 25.9. The first-order chi connectivity index (χ1) is 9.06. The van der Waals surface area contributed by atoms with Crippen LogP contribution >= 0.6 is 0 Å². The fourth-order valence-corrected chi connectivity index (χ4v) is 1.56. The van der Waals surface area contributed by atoms with Gasteiger partial charge in [0.15, 0.2) is 0 Å². The number of benzene rings is 2. The van der Waals surface area contributed by atoms with E-state index in [1.165, 1.54) is 36.4 Å². The van der Waals surface area contributed by atoms with E-state index in [-0.39, 0.29) is 11.6 Å². The van der Waals surface area contributed by atoms with Crippen LogP contribution in [-0.4, -0.2) is 14.1 Å². The van der Waals surface area contributed by atoms with Gasteiger partial charge in [0.2, 0.25) is 0 Å². The van der Waals surface area contributed by atoms with Crippen LogP contribution in [0.2, 0.25) is 0 Å². The third kappa shape index (κ3) is 3.34. The predicted molar refractivity (Wildman–Crippen MR) is 71.3 cm³/mol. The Labute approximate surface area is 110 Å². The monoisotopic (exact) mass is 261 g/mol. The molecule has 0 saturated heterocycles. The Bertz CT molecular complexity index is 592. The third-order valence-corrected chi connectivity index (χ3v) is 2.52. The molecule has 0 aromatic heterocycles. The van der Waals surface area contributed by atoms with Crippen LogP contribution in [0.25, 0.3) is 0 Å². The smallest absolute Gasteiger partial charge is 0.125 e. The van der Waals surface area contributed by atoms with Gasteiger partial charge >= 0.3 is 0 Å². The summed E-state index contributed by atoms with van der Waals surface area (Å²) in [6.45, 7) is 0. The lowest BCUT2D eigenvalue weighted by Crippen LogP contribution is -2.08. The Kier molecular flexibility index (Phi) is 3.85. The first-order valence-electron chi connectivity index (χ1n) is 5.70. The molecule has 19 heavy (non-hydrogen) atoms. The molecule has 0 saturated carbocycles. The van der Waals surface area contributed by atoms with Gasteiger partial charge in [-0.3, -0.25) is 0 Å². The SMILES string of the molecule is CN(C)c1cc(F)ccc1N=Nc1ccc(F)cc1. The predicted octanol–water partition coefficient (Wildman–Crippen LogP) is 4.45. The fraction of sp³-hybridized carbons (Fsp3) is 0.143. The molecule has 2 aromatic carbocycles. The van der Waals surface area contributed by atoms with Crippen LogP contribution in [-0.2, 0) is 0 Å². The lowest BCUT2D eigenvalue weighted by atomic mass is 10.2. The second-order valence-corrected chi connectivity index (χ2v) is 4.20. The van der Waals surface area contributed by atoms with Gasteiger partial charge in [-0.25, -0.2) is 8.78 Å². The van der Waals surface area contributed by atoms with E-state index in [1.54, 1.807) is 25.1 Å². The largest absolute Gasteiger partial charge is 0.376 e. The van der Waals surface area contributed by atoms with Gasteiger partial charge in [-0.2, -0.15) is 5.11 Å². The molecule has 0 amide bonds. The van der Waals surface area contributed by atoms with Crippen molar-refractivity contribution in [1.82, 2.24) is 0 Å². The van der Waals surface area contributed by atoms with Crippen molar-refractivity contribution < 1.29 is 8.78 Å². The second kappa shape index (κ2) is 5.56. The summed E-state index contributed by atoms with van der Waals surface area (Å²) in [5, 5.41) is 8.06. The maximum absolute atomic E-state index is 13.2. The summed E-state index contributed by atoms with van der Waals surface area (Å²) in [6, 6.07) is 9.94. The van der Waals surface area contributed by atoms with Gasteiger partial charge in [-0.05, 0) is 42.5 Å². The highest BCUT2D eigenvalue weighted by atomic mass is 19.1. The van der Waals surface area contributed by atoms with Gasteiger partial charge in [0.25, 0.3) is 0 Å². The minimum Gasteiger partial charge on any atom is -0.376 e. The molecular formula is C14H13F2N3. The van der Waals surface area contributed by atoms with Gasteiger partial charge in [0.1, 0.15) is 17.3 Å². The van der Waals surface area contributed by atoms with E-state index in [4.69, 9.17) is 0 Å². The summed E-state index contributed by atoms with van der Waals surface area (Å²) in [4.78, 5) is 1.75. The van der Waals surface area contributed by atoms with Crippen molar-refractivity contribution in [2.45, 2.75) is 0 Å². The number of hydrogen-bond donors (Lipinski definition) is 0. The van der Waals surface area contributed by atoms with Crippen molar-refractivity contribution in [2.24, 2.45) is 10.2 Å². The van der Waals surface area contributed by atoms with Crippen LogP contribution in [0.1, 0.15) is 0 Å². The maximum Gasteiger partial charge on any atom is 0.125 e. The lowest BCUT2D eigenvalue weighted by Gasteiger charge is -2.14. The van der Waals surface area contributed by atoms with Crippen LogP contribution in [0, 0.1) is 11.6 Å². The number of azo groups is 1. The molecule has 5 heteroatoms. The molecule has 0 aliphatic carbocycles. The molecule has 3 nitrogen and oxygen atoms in total. The van der Waals surface area contributed by atoms with Crippen LogP contribution in [0.5, 0.6) is 0 Å². The minimum absolute atomic E-state index is 0.324. The van der Waals surface area contributed by atoms with Crippen molar-refractivity contribution in [1.29, 1.82) is 0 Å². The Balaban J connectivity index is 2.30. The van der Waals surface area contributed by atoms with E-state index >= 15 is 0 Å². The summed E-state index contributed by atoms with van der Waals surface area (Å²) in [5.41, 5.74) is 1.72. The maximum atomic E-state index is 13.2. The van der Waals surface area contributed by atoms with E-state index < -0.39 is 0 Å². The molecule has 0 aliphatic rings. The number of halogens is 2. The number of anilines is 1. The van der Waals surface area contributed by atoms with E-state index in [1.807, 2.05) is 0 Å². The topological polar surface area (TPSA) is 28.0 Å². The van der Waals surface area contributed by atoms with Crippen molar-refractivity contribution in [2.75, 3.05) is 19.0 Å². The minimum atomic E-state index is -0.329. The van der Waals surface area contributed by atoms with Crippen LogP contribution in [0.4, 0.5) is 25.8 Å². The molecule has 0 bridgehead atoms. The highest BCUT2D eigenvalue weighted by Crippen LogP contribution is 2.29. The molecule has 0 heterocycles. The Morgan fingerprint density at radius 2 is 1.47 bits per heavy atom. The Hall–Kier alpha value is -2.30. The molecular weight excluding hydrogens is 248 g/mol. The zero-order valence-electron chi connectivity index (χ0n) is 10.6. The second-order valence-electron chi connectivity index (χ2n) is 4.20. The average Bonchev–Trinajstić information content (AvgIpc) is 2.39. The molecule has 0 fully saturated rings. The molecule has 0 N–H and O–H groups in total. The zero-order valence-corrected chi connectivity index (χ0v) is 10.6. The summed E-state index contributed by atoms with van der Waals surface area (Å²) in [5.74, 6) is -0.654. The molecule has 0 radical (unpaired) electrons. The molecule has 2 rings (SSSR count). The summed E-state index contributed by atoms with van der Waals surface area (Å²) >= 11 is 0. The van der Waals surface area contributed by atoms with Crippen LogP contribution < -0.4 is 4.90 Å². The van der Waals surface area contributed by atoms with Crippen molar-refractivity contribution >= 4 is 17.1 Å². The normalized spacial score (nSPS) is 10.9. The number of hydrogen-bond acceptors (Lipinski definition) is 3. The number of rotatable bonds is 3. The molecule has 0 aliphatic heterocycles. The molecule has 0 unspecified atom stereocenters. The van der Waals surface area contributed by atoms with E-state index in [0.29, 0.717) is 17.1 Å². The molecule has 0 atom stereocenters. The molecule has 0 spiro atoms. The molecule has 2 aromatic rings. The van der Waals surface area contributed by atoms with Gasteiger partial charge in [0, 0.05) is 14.1 Å². The third-order valence-electron chi connectivity index (χ3n) is 2.52. The summed E-state index contributed by atoms with van der Waals surface area (Å²) in [6.07, 6.45) is 0. The molecule has 98 valence electrons. The van der Waals surface area contributed by atoms with Gasteiger partial charge in [-0.15, -0.1) is 5.11 Å². The fourth-order valence-electron chi connectivity index (χ4n) is 1.56. The van der Waals surface area contributed by atoms with Crippen LogP contribution in [0.15, 0.2) is 52.7 Å². The lowest BCUT2D eigenvalue weighted by molar-refractivity contribution is 0.627. The number of nitrogens with zero attached hydrogens (tertiary/aromatic N) is 3.